The summed E-state index contributed by atoms with van der Waals surface area (Å²) in [6.45, 7) is 4.56. The Labute approximate surface area is 129 Å². The van der Waals surface area contributed by atoms with Crippen molar-refractivity contribution in [3.05, 3.63) is 30.3 Å². The van der Waals surface area contributed by atoms with Gasteiger partial charge in [0.15, 0.2) is 0 Å². The monoisotopic (exact) mass is 307 g/mol. The SMILES string of the molecule is CC(NC(=O)Nc1ccccc1)C(=O)N(CC(=O)O)C(C)C. The van der Waals surface area contributed by atoms with E-state index in [2.05, 4.69) is 10.6 Å². The molecule has 1 atom stereocenters. The van der Waals surface area contributed by atoms with Crippen LogP contribution in [0.5, 0.6) is 0 Å². The fourth-order valence-corrected chi connectivity index (χ4v) is 1.86. The number of para-hydroxylation sites is 1. The molecule has 7 nitrogen and oxygen atoms in total. The van der Waals surface area contributed by atoms with E-state index in [4.69, 9.17) is 5.11 Å². The Morgan fingerprint density at radius 2 is 1.73 bits per heavy atom. The van der Waals surface area contributed by atoms with E-state index in [1.54, 1.807) is 38.1 Å². The van der Waals surface area contributed by atoms with Gasteiger partial charge in [-0.3, -0.25) is 9.59 Å². The van der Waals surface area contributed by atoms with Gasteiger partial charge in [-0.15, -0.1) is 0 Å². The second-order valence-electron chi connectivity index (χ2n) is 5.14. The maximum absolute atomic E-state index is 12.2. The smallest absolute Gasteiger partial charge is 0.323 e. The highest BCUT2D eigenvalue weighted by Crippen LogP contribution is 2.06. The molecule has 0 aliphatic carbocycles. The molecule has 1 unspecified atom stereocenters. The van der Waals surface area contributed by atoms with Crippen molar-refractivity contribution in [2.45, 2.75) is 32.9 Å². The molecule has 0 spiro atoms. The number of anilines is 1. The largest absolute Gasteiger partial charge is 0.480 e. The molecule has 22 heavy (non-hydrogen) atoms. The number of amides is 3. The molecule has 120 valence electrons. The average Bonchev–Trinajstić information content (AvgIpc) is 2.44. The number of nitrogens with zero attached hydrogens (tertiary/aromatic N) is 1. The third kappa shape index (κ3) is 5.43. The molecule has 0 aliphatic rings. The second kappa shape index (κ2) is 8.02. The molecule has 0 aliphatic heterocycles. The zero-order valence-electron chi connectivity index (χ0n) is 12.9. The van der Waals surface area contributed by atoms with Gasteiger partial charge in [-0.25, -0.2) is 4.79 Å². The van der Waals surface area contributed by atoms with E-state index in [0.717, 1.165) is 0 Å². The molecule has 3 N–H and O–H groups in total. The maximum Gasteiger partial charge on any atom is 0.323 e. The van der Waals surface area contributed by atoms with Crippen LogP contribution < -0.4 is 10.6 Å². The lowest BCUT2D eigenvalue weighted by Crippen LogP contribution is -2.51. The minimum Gasteiger partial charge on any atom is -0.480 e. The lowest BCUT2D eigenvalue weighted by atomic mass is 10.2. The van der Waals surface area contributed by atoms with Crippen LogP contribution in [0.4, 0.5) is 10.5 Å². The van der Waals surface area contributed by atoms with Gasteiger partial charge in [0, 0.05) is 11.7 Å². The first-order valence-corrected chi connectivity index (χ1v) is 6.96. The summed E-state index contributed by atoms with van der Waals surface area (Å²) in [6.07, 6.45) is 0. The van der Waals surface area contributed by atoms with E-state index in [0.29, 0.717) is 5.69 Å². The third-order valence-corrected chi connectivity index (χ3v) is 2.96. The first-order chi connectivity index (χ1) is 10.3. The number of carbonyl (C=O) groups excluding carboxylic acids is 2. The summed E-state index contributed by atoms with van der Waals surface area (Å²) in [7, 11) is 0. The quantitative estimate of drug-likeness (QED) is 0.742. The molecule has 0 heterocycles. The van der Waals surface area contributed by atoms with Crippen LogP contribution in [-0.4, -0.2) is 46.5 Å². The fourth-order valence-electron chi connectivity index (χ4n) is 1.86. The Hall–Kier alpha value is -2.57. The van der Waals surface area contributed by atoms with Crippen LogP contribution >= 0.6 is 0 Å². The van der Waals surface area contributed by atoms with Gasteiger partial charge in [0.05, 0.1) is 0 Å². The van der Waals surface area contributed by atoms with E-state index >= 15 is 0 Å². The van der Waals surface area contributed by atoms with Crippen molar-refractivity contribution in [1.82, 2.24) is 10.2 Å². The number of rotatable bonds is 6. The van der Waals surface area contributed by atoms with Crippen LogP contribution in [0, 0.1) is 0 Å². The van der Waals surface area contributed by atoms with Gasteiger partial charge in [0.25, 0.3) is 0 Å². The molecule has 0 aromatic heterocycles. The molecule has 1 aromatic carbocycles. The summed E-state index contributed by atoms with van der Waals surface area (Å²) in [5, 5.41) is 13.9. The fraction of sp³-hybridized carbons (Fsp3) is 0.400. The van der Waals surface area contributed by atoms with Crippen LogP contribution in [-0.2, 0) is 9.59 Å². The number of hydrogen-bond acceptors (Lipinski definition) is 3. The van der Waals surface area contributed by atoms with Crippen molar-refractivity contribution in [2.75, 3.05) is 11.9 Å². The van der Waals surface area contributed by atoms with E-state index in [-0.39, 0.29) is 6.04 Å². The minimum absolute atomic E-state index is 0.273. The summed E-state index contributed by atoms with van der Waals surface area (Å²) in [4.78, 5) is 36.1. The summed E-state index contributed by atoms with van der Waals surface area (Å²) in [5.74, 6) is -1.54. The third-order valence-electron chi connectivity index (χ3n) is 2.96. The van der Waals surface area contributed by atoms with Gasteiger partial charge in [0.2, 0.25) is 5.91 Å². The number of urea groups is 1. The van der Waals surface area contributed by atoms with Crippen molar-refractivity contribution in [3.8, 4) is 0 Å². The van der Waals surface area contributed by atoms with Crippen LogP contribution in [0.1, 0.15) is 20.8 Å². The summed E-state index contributed by atoms with van der Waals surface area (Å²) >= 11 is 0. The maximum atomic E-state index is 12.2. The van der Waals surface area contributed by atoms with E-state index in [1.807, 2.05) is 6.07 Å². The number of aliphatic carboxylic acids is 1. The number of carbonyl (C=O) groups is 3. The number of hydrogen-bond donors (Lipinski definition) is 3. The van der Waals surface area contributed by atoms with E-state index in [1.165, 1.54) is 11.8 Å². The lowest BCUT2D eigenvalue weighted by molar-refractivity contribution is -0.146. The Balaban J connectivity index is 2.62. The highest BCUT2D eigenvalue weighted by atomic mass is 16.4. The molecule has 0 fully saturated rings. The molecular formula is C15H21N3O4. The first kappa shape index (κ1) is 17.5. The number of carboxylic acids is 1. The predicted octanol–water partition coefficient (Wildman–Crippen LogP) is 1.52. The van der Waals surface area contributed by atoms with Crippen molar-refractivity contribution >= 4 is 23.6 Å². The Morgan fingerprint density at radius 1 is 1.14 bits per heavy atom. The highest BCUT2D eigenvalue weighted by Gasteiger charge is 2.25. The number of nitrogens with one attached hydrogen (secondary N) is 2. The molecule has 0 saturated carbocycles. The van der Waals surface area contributed by atoms with Gasteiger partial charge in [-0.2, -0.15) is 0 Å². The van der Waals surface area contributed by atoms with Crippen molar-refractivity contribution in [1.29, 1.82) is 0 Å². The topological polar surface area (TPSA) is 98.7 Å². The molecule has 0 radical (unpaired) electrons. The number of carboxylic acid groups (broad SMARTS) is 1. The summed E-state index contributed by atoms with van der Waals surface area (Å²) in [5.41, 5.74) is 0.603. The molecule has 0 saturated heterocycles. The van der Waals surface area contributed by atoms with Crippen LogP contribution in [0.25, 0.3) is 0 Å². The normalized spacial score (nSPS) is 11.6. The van der Waals surface area contributed by atoms with Gasteiger partial charge in [0.1, 0.15) is 12.6 Å². The van der Waals surface area contributed by atoms with Gasteiger partial charge < -0.3 is 20.6 Å². The van der Waals surface area contributed by atoms with Gasteiger partial charge >= 0.3 is 12.0 Å². The molecular weight excluding hydrogens is 286 g/mol. The van der Waals surface area contributed by atoms with Crippen LogP contribution in [0.15, 0.2) is 30.3 Å². The Morgan fingerprint density at radius 3 is 2.23 bits per heavy atom. The van der Waals surface area contributed by atoms with Crippen molar-refractivity contribution in [2.24, 2.45) is 0 Å². The predicted molar refractivity (Wildman–Crippen MR) is 82.5 cm³/mol. The van der Waals surface area contributed by atoms with Gasteiger partial charge in [-0.1, -0.05) is 18.2 Å². The molecule has 1 aromatic rings. The van der Waals surface area contributed by atoms with Crippen molar-refractivity contribution < 1.29 is 19.5 Å². The van der Waals surface area contributed by atoms with E-state index in [9.17, 15) is 14.4 Å². The zero-order chi connectivity index (χ0) is 16.7. The van der Waals surface area contributed by atoms with E-state index < -0.39 is 30.5 Å². The van der Waals surface area contributed by atoms with Crippen molar-refractivity contribution in [3.63, 3.8) is 0 Å². The molecule has 7 heteroatoms. The standard InChI is InChI=1S/C15H21N3O4/c1-10(2)18(9-13(19)20)14(21)11(3)16-15(22)17-12-7-5-4-6-8-12/h4-8,10-11H,9H2,1-3H3,(H,19,20)(H2,16,17,22). The van der Waals surface area contributed by atoms with Crippen LogP contribution in [0.2, 0.25) is 0 Å². The minimum atomic E-state index is -1.09. The molecule has 0 bridgehead atoms. The van der Waals surface area contributed by atoms with Gasteiger partial charge in [-0.05, 0) is 32.9 Å². The highest BCUT2D eigenvalue weighted by molar-refractivity contribution is 5.94. The summed E-state index contributed by atoms with van der Waals surface area (Å²) in [6, 6.07) is 7.19. The Kier molecular flexibility index (Phi) is 6.37. The number of benzene rings is 1. The van der Waals surface area contributed by atoms with Crippen LogP contribution in [0.3, 0.4) is 0 Å². The second-order valence-corrected chi connectivity index (χ2v) is 5.14. The first-order valence-electron chi connectivity index (χ1n) is 6.96. The lowest BCUT2D eigenvalue weighted by Gasteiger charge is -2.28. The average molecular weight is 307 g/mol. The molecule has 3 amide bonds. The Bertz CT molecular complexity index is 531. The molecule has 1 rings (SSSR count). The summed E-state index contributed by atoms with van der Waals surface area (Å²) < 4.78 is 0. The zero-order valence-corrected chi connectivity index (χ0v) is 12.9.